The van der Waals surface area contributed by atoms with Crippen molar-refractivity contribution in [1.82, 2.24) is 5.32 Å². The molecule has 1 heterocycles. The summed E-state index contributed by atoms with van der Waals surface area (Å²) < 4.78 is 0. The molecule has 0 spiro atoms. The molecule has 1 saturated heterocycles. The molecule has 0 aromatic heterocycles. The van der Waals surface area contributed by atoms with Gasteiger partial charge in [-0.3, -0.25) is 9.59 Å². The van der Waals surface area contributed by atoms with Gasteiger partial charge in [0.25, 0.3) is 0 Å². The van der Waals surface area contributed by atoms with Crippen LogP contribution in [0, 0.1) is 12.8 Å². The fraction of sp³-hybridized carbons (Fsp3) is 0.500. The highest BCUT2D eigenvalue weighted by atomic mass is 16.2. The van der Waals surface area contributed by atoms with Crippen molar-refractivity contribution in [2.45, 2.75) is 32.7 Å². The Kier molecular flexibility index (Phi) is 4.32. The summed E-state index contributed by atoms with van der Waals surface area (Å²) in [6, 6.07) is 7.76. The molecule has 0 aliphatic carbocycles. The number of amides is 2. The van der Waals surface area contributed by atoms with Gasteiger partial charge in [0.05, 0.1) is 5.92 Å². The molecule has 2 rings (SSSR count). The van der Waals surface area contributed by atoms with Gasteiger partial charge in [0.2, 0.25) is 11.8 Å². The molecule has 1 aliphatic heterocycles. The van der Waals surface area contributed by atoms with Crippen LogP contribution in [0.15, 0.2) is 24.3 Å². The minimum Gasteiger partial charge on any atom is -0.350 e. The first kappa shape index (κ1) is 15.5. The lowest BCUT2D eigenvalue weighted by atomic mass is 10.0. The zero-order chi connectivity index (χ0) is 15.6. The number of anilines is 1. The van der Waals surface area contributed by atoms with Gasteiger partial charge in [-0.05, 0) is 32.9 Å². The van der Waals surface area contributed by atoms with Gasteiger partial charge >= 0.3 is 0 Å². The molecule has 0 bridgehead atoms. The lowest BCUT2D eigenvalue weighted by Gasteiger charge is -2.26. The molecule has 5 heteroatoms. The van der Waals surface area contributed by atoms with Crippen molar-refractivity contribution >= 4 is 17.5 Å². The van der Waals surface area contributed by atoms with E-state index in [-0.39, 0.29) is 24.2 Å². The van der Waals surface area contributed by atoms with Crippen molar-refractivity contribution in [2.24, 2.45) is 11.7 Å². The highest BCUT2D eigenvalue weighted by Crippen LogP contribution is 2.25. The second-order valence-electron chi connectivity index (χ2n) is 6.32. The number of nitrogens with one attached hydrogen (secondary N) is 1. The summed E-state index contributed by atoms with van der Waals surface area (Å²) in [6.45, 7) is 6.54. The molecule has 1 fully saturated rings. The fourth-order valence-electron chi connectivity index (χ4n) is 2.34. The molecule has 0 saturated carbocycles. The first-order chi connectivity index (χ1) is 9.82. The Morgan fingerprint density at radius 1 is 1.38 bits per heavy atom. The third-order valence-electron chi connectivity index (χ3n) is 3.81. The number of carbonyl (C=O) groups is 2. The Hall–Kier alpha value is -1.88. The van der Waals surface area contributed by atoms with E-state index in [0.717, 1.165) is 11.3 Å². The standard InChI is InChI=1S/C16H23N3O2/c1-11-4-6-13(7-5-11)19-9-12(8-14(19)20)15(21)18-16(2,3)10-17/h4-7,12H,8-10,17H2,1-3H3,(H,18,21). The van der Waals surface area contributed by atoms with Gasteiger partial charge in [0.15, 0.2) is 0 Å². The predicted molar refractivity (Wildman–Crippen MR) is 82.9 cm³/mol. The van der Waals surface area contributed by atoms with Gasteiger partial charge in [0.1, 0.15) is 0 Å². The largest absolute Gasteiger partial charge is 0.350 e. The van der Waals surface area contributed by atoms with Gasteiger partial charge in [-0.2, -0.15) is 0 Å². The number of hydrogen-bond acceptors (Lipinski definition) is 3. The van der Waals surface area contributed by atoms with Crippen LogP contribution in [0.25, 0.3) is 0 Å². The van der Waals surface area contributed by atoms with Crippen molar-refractivity contribution in [1.29, 1.82) is 0 Å². The van der Waals surface area contributed by atoms with E-state index in [1.165, 1.54) is 0 Å². The molecule has 5 nitrogen and oxygen atoms in total. The Morgan fingerprint density at radius 2 is 2.00 bits per heavy atom. The minimum atomic E-state index is -0.447. The van der Waals surface area contributed by atoms with Crippen molar-refractivity contribution in [3.05, 3.63) is 29.8 Å². The summed E-state index contributed by atoms with van der Waals surface area (Å²) in [5.41, 5.74) is 7.16. The van der Waals surface area contributed by atoms with Gasteiger partial charge in [-0.1, -0.05) is 17.7 Å². The van der Waals surface area contributed by atoms with E-state index in [2.05, 4.69) is 5.32 Å². The maximum atomic E-state index is 12.3. The van der Waals surface area contributed by atoms with E-state index in [4.69, 9.17) is 5.73 Å². The molecule has 1 aliphatic rings. The van der Waals surface area contributed by atoms with Crippen molar-refractivity contribution in [3.63, 3.8) is 0 Å². The van der Waals surface area contributed by atoms with E-state index in [0.29, 0.717) is 13.1 Å². The molecule has 0 radical (unpaired) electrons. The summed E-state index contributed by atoms with van der Waals surface area (Å²) in [6.07, 6.45) is 0.250. The molecular weight excluding hydrogens is 266 g/mol. The highest BCUT2D eigenvalue weighted by molar-refractivity contribution is 6.00. The third-order valence-corrected chi connectivity index (χ3v) is 3.81. The summed E-state index contributed by atoms with van der Waals surface area (Å²) in [5, 5.41) is 2.91. The van der Waals surface area contributed by atoms with Crippen LogP contribution < -0.4 is 16.0 Å². The van der Waals surface area contributed by atoms with Gasteiger partial charge < -0.3 is 16.0 Å². The van der Waals surface area contributed by atoms with Crippen LogP contribution in [0.3, 0.4) is 0 Å². The Labute approximate surface area is 125 Å². The Bertz CT molecular complexity index is 537. The lowest BCUT2D eigenvalue weighted by molar-refractivity contribution is -0.127. The molecule has 1 aromatic rings. The quantitative estimate of drug-likeness (QED) is 0.874. The second-order valence-corrected chi connectivity index (χ2v) is 6.32. The molecule has 114 valence electrons. The van der Waals surface area contributed by atoms with Crippen molar-refractivity contribution < 1.29 is 9.59 Å². The number of nitrogens with two attached hydrogens (primary N) is 1. The molecule has 1 aromatic carbocycles. The molecule has 1 atom stereocenters. The average Bonchev–Trinajstić information content (AvgIpc) is 2.81. The smallest absolute Gasteiger partial charge is 0.227 e. The number of benzene rings is 1. The van der Waals surface area contributed by atoms with E-state index >= 15 is 0 Å². The summed E-state index contributed by atoms with van der Waals surface area (Å²) in [7, 11) is 0. The normalized spacial score (nSPS) is 19.0. The number of aryl methyl sites for hydroxylation is 1. The molecular formula is C16H23N3O2. The minimum absolute atomic E-state index is 0.00967. The monoisotopic (exact) mass is 289 g/mol. The predicted octanol–water partition coefficient (Wildman–Crippen LogP) is 1.20. The van der Waals surface area contributed by atoms with Crippen LogP contribution in [0.2, 0.25) is 0 Å². The van der Waals surface area contributed by atoms with E-state index in [9.17, 15) is 9.59 Å². The van der Waals surface area contributed by atoms with Crippen LogP contribution in [0.5, 0.6) is 0 Å². The van der Waals surface area contributed by atoms with Crippen molar-refractivity contribution in [2.75, 3.05) is 18.0 Å². The zero-order valence-electron chi connectivity index (χ0n) is 12.8. The number of rotatable bonds is 4. The molecule has 1 unspecified atom stereocenters. The average molecular weight is 289 g/mol. The molecule has 21 heavy (non-hydrogen) atoms. The van der Waals surface area contributed by atoms with E-state index in [1.807, 2.05) is 45.0 Å². The van der Waals surface area contributed by atoms with Crippen LogP contribution in [-0.4, -0.2) is 30.4 Å². The van der Waals surface area contributed by atoms with Crippen LogP contribution >= 0.6 is 0 Å². The number of carbonyl (C=O) groups excluding carboxylic acids is 2. The summed E-state index contributed by atoms with van der Waals surface area (Å²) in [4.78, 5) is 26.1. The second kappa shape index (κ2) is 5.85. The SMILES string of the molecule is Cc1ccc(N2CC(C(=O)NC(C)(C)CN)CC2=O)cc1. The molecule has 3 N–H and O–H groups in total. The highest BCUT2D eigenvalue weighted by Gasteiger charge is 2.36. The Morgan fingerprint density at radius 3 is 2.57 bits per heavy atom. The summed E-state index contributed by atoms with van der Waals surface area (Å²) in [5.74, 6) is -0.428. The summed E-state index contributed by atoms with van der Waals surface area (Å²) >= 11 is 0. The first-order valence-electron chi connectivity index (χ1n) is 7.21. The zero-order valence-corrected chi connectivity index (χ0v) is 12.8. The number of hydrogen-bond donors (Lipinski definition) is 2. The van der Waals surface area contributed by atoms with E-state index in [1.54, 1.807) is 4.90 Å². The lowest BCUT2D eigenvalue weighted by Crippen LogP contribution is -2.51. The first-order valence-corrected chi connectivity index (χ1v) is 7.21. The maximum absolute atomic E-state index is 12.3. The third kappa shape index (κ3) is 3.61. The Balaban J connectivity index is 2.05. The van der Waals surface area contributed by atoms with E-state index < -0.39 is 5.54 Å². The fourth-order valence-corrected chi connectivity index (χ4v) is 2.34. The van der Waals surface area contributed by atoms with Crippen molar-refractivity contribution in [3.8, 4) is 0 Å². The number of nitrogens with zero attached hydrogens (tertiary/aromatic N) is 1. The van der Waals surface area contributed by atoms with Gasteiger partial charge in [-0.25, -0.2) is 0 Å². The topological polar surface area (TPSA) is 75.4 Å². The maximum Gasteiger partial charge on any atom is 0.227 e. The van der Waals surface area contributed by atoms with Crippen LogP contribution in [-0.2, 0) is 9.59 Å². The van der Waals surface area contributed by atoms with Gasteiger partial charge in [0, 0.05) is 30.7 Å². The van der Waals surface area contributed by atoms with Gasteiger partial charge in [-0.15, -0.1) is 0 Å². The molecule has 2 amide bonds. The van der Waals surface area contributed by atoms with Crippen LogP contribution in [0.1, 0.15) is 25.8 Å². The van der Waals surface area contributed by atoms with Crippen LogP contribution in [0.4, 0.5) is 5.69 Å².